The van der Waals surface area contributed by atoms with E-state index in [1.165, 1.54) is 36.6 Å². The van der Waals surface area contributed by atoms with Crippen LogP contribution in [0.4, 0.5) is 0 Å². The Balaban J connectivity index is 0.000000394. The molecular weight excluding hydrogens is 667 g/mol. The minimum absolute atomic E-state index is 0. The zero-order chi connectivity index (χ0) is 27.0. The molecule has 0 aliphatic rings. The Morgan fingerprint density at radius 3 is 2.31 bits per heavy atom. The van der Waals surface area contributed by atoms with E-state index < -0.39 is 0 Å². The van der Waals surface area contributed by atoms with Gasteiger partial charge in [0.2, 0.25) is 0 Å². The standard InChI is InChI=1S/C28H20NO2.C5H8O2.Ir/c1-16-11-17(2)27(18(3)12-16)25-14-19-13-23(29-15-26(19)30-25)22-9-6-8-21-20-7-4-5-10-24(20)31-28(21)22;1-4(6)3-5(2)7;/h4-8,10-15H,1-3H3;3,6H,1-2H3;/q-1;;/b;4-3-;. The monoisotopic (exact) mass is 695 g/mol. The van der Waals surface area contributed by atoms with E-state index in [-0.39, 0.29) is 31.6 Å². The molecule has 39 heavy (non-hydrogen) atoms. The third-order valence-electron chi connectivity index (χ3n) is 6.33. The third-order valence-corrected chi connectivity index (χ3v) is 6.33. The maximum absolute atomic E-state index is 10.0. The normalized spacial score (nSPS) is 11.4. The summed E-state index contributed by atoms with van der Waals surface area (Å²) in [6, 6.07) is 23.9. The minimum atomic E-state index is -0.125. The van der Waals surface area contributed by atoms with Gasteiger partial charge in [0.25, 0.3) is 0 Å². The van der Waals surface area contributed by atoms with Crippen molar-refractivity contribution in [2.45, 2.75) is 34.6 Å². The van der Waals surface area contributed by atoms with Crippen molar-refractivity contribution in [3.8, 4) is 22.6 Å². The molecule has 0 unspecified atom stereocenters. The summed E-state index contributed by atoms with van der Waals surface area (Å²) < 4.78 is 12.4. The summed E-state index contributed by atoms with van der Waals surface area (Å²) in [4.78, 5) is 14.7. The number of benzene rings is 3. The molecule has 0 spiro atoms. The number of aryl methyl sites for hydroxylation is 3. The van der Waals surface area contributed by atoms with Crippen LogP contribution in [-0.4, -0.2) is 15.9 Å². The van der Waals surface area contributed by atoms with Crippen molar-refractivity contribution < 1.29 is 38.8 Å². The number of furan rings is 2. The van der Waals surface area contributed by atoms with Crippen LogP contribution in [0.25, 0.3) is 55.5 Å². The number of para-hydroxylation sites is 1. The topological polar surface area (TPSA) is 76.5 Å². The van der Waals surface area contributed by atoms with E-state index in [4.69, 9.17) is 13.9 Å². The summed E-state index contributed by atoms with van der Waals surface area (Å²) in [5.41, 5.74) is 8.97. The molecule has 0 saturated carbocycles. The molecule has 3 heterocycles. The van der Waals surface area contributed by atoms with Gasteiger partial charge in [-0.3, -0.25) is 4.79 Å². The molecule has 199 valence electrons. The fraction of sp³-hybridized carbons (Fsp3) is 0.152. The van der Waals surface area contributed by atoms with Crippen LogP contribution in [0.1, 0.15) is 30.5 Å². The second-order valence-electron chi connectivity index (χ2n) is 9.58. The summed E-state index contributed by atoms with van der Waals surface area (Å²) in [7, 11) is 0. The van der Waals surface area contributed by atoms with E-state index >= 15 is 0 Å². The summed E-state index contributed by atoms with van der Waals surface area (Å²) in [6.45, 7) is 9.22. The average Bonchev–Trinajstić information content (AvgIpc) is 3.43. The van der Waals surface area contributed by atoms with Crippen LogP contribution in [0.3, 0.4) is 0 Å². The summed E-state index contributed by atoms with van der Waals surface area (Å²) >= 11 is 0. The molecule has 5 nitrogen and oxygen atoms in total. The van der Waals surface area contributed by atoms with E-state index in [0.717, 1.165) is 55.5 Å². The van der Waals surface area contributed by atoms with Gasteiger partial charge in [-0.1, -0.05) is 52.9 Å². The van der Waals surface area contributed by atoms with Gasteiger partial charge < -0.3 is 18.9 Å². The van der Waals surface area contributed by atoms with Crippen LogP contribution >= 0.6 is 0 Å². The number of hydrogen-bond acceptors (Lipinski definition) is 5. The second-order valence-corrected chi connectivity index (χ2v) is 9.58. The van der Waals surface area contributed by atoms with Crippen molar-refractivity contribution in [1.29, 1.82) is 0 Å². The number of aliphatic hydroxyl groups excluding tert-OH is 1. The van der Waals surface area contributed by atoms with Crippen LogP contribution in [0.5, 0.6) is 0 Å². The number of fused-ring (bicyclic) bond motifs is 4. The Bertz CT molecular complexity index is 1830. The molecule has 0 aliphatic carbocycles. The van der Waals surface area contributed by atoms with Gasteiger partial charge in [0.1, 0.15) is 11.3 Å². The molecule has 6 rings (SSSR count). The fourth-order valence-electron chi connectivity index (χ4n) is 4.95. The number of ketones is 1. The Morgan fingerprint density at radius 1 is 0.923 bits per heavy atom. The van der Waals surface area contributed by atoms with Crippen LogP contribution in [0.2, 0.25) is 0 Å². The number of carbonyl (C=O) groups is 1. The number of carbonyl (C=O) groups excluding carboxylic acids is 1. The first-order chi connectivity index (χ1) is 18.2. The number of rotatable bonds is 3. The van der Waals surface area contributed by atoms with Gasteiger partial charge in [0.15, 0.2) is 11.4 Å². The van der Waals surface area contributed by atoms with Gasteiger partial charge in [-0.2, -0.15) is 0 Å². The largest absolute Gasteiger partial charge is 0.512 e. The van der Waals surface area contributed by atoms with Crippen molar-refractivity contribution in [3.63, 3.8) is 0 Å². The molecule has 6 heteroatoms. The molecule has 0 aliphatic heterocycles. The SMILES string of the molecule is CC(=O)/C=C(/C)O.Cc1cc(C)c(-c2cc3cc(-c4[c-]ccc5c4oc4ccccc45)ncc3o2)c(C)c1.[Ir]. The first kappa shape index (κ1) is 28.0. The van der Waals surface area contributed by atoms with Gasteiger partial charge >= 0.3 is 0 Å². The van der Waals surface area contributed by atoms with Gasteiger partial charge in [-0.25, -0.2) is 0 Å². The second kappa shape index (κ2) is 11.4. The van der Waals surface area contributed by atoms with Gasteiger partial charge in [-0.05, 0) is 63.6 Å². The quantitative estimate of drug-likeness (QED) is 0.114. The van der Waals surface area contributed by atoms with E-state index in [0.29, 0.717) is 0 Å². The van der Waals surface area contributed by atoms with Crippen molar-refractivity contribution in [2.24, 2.45) is 0 Å². The maximum atomic E-state index is 10.0. The number of aromatic nitrogens is 1. The first-order valence-electron chi connectivity index (χ1n) is 12.4. The molecule has 0 amide bonds. The van der Waals surface area contributed by atoms with Gasteiger partial charge in [-0.15, -0.1) is 18.2 Å². The minimum Gasteiger partial charge on any atom is -0.512 e. The number of hydrogen-bond donors (Lipinski definition) is 1. The van der Waals surface area contributed by atoms with Gasteiger partial charge in [0.05, 0.1) is 17.5 Å². The summed E-state index contributed by atoms with van der Waals surface area (Å²) in [6.07, 6.45) is 2.96. The summed E-state index contributed by atoms with van der Waals surface area (Å²) in [5.74, 6) is 0.808. The molecule has 0 saturated heterocycles. The number of nitrogens with zero attached hydrogens (tertiary/aromatic N) is 1. The molecule has 1 N–H and O–H groups in total. The van der Waals surface area contributed by atoms with E-state index in [1.54, 1.807) is 6.20 Å². The number of allylic oxidation sites excluding steroid dienone is 2. The average molecular weight is 695 g/mol. The smallest absolute Gasteiger partial charge is 0.155 e. The van der Waals surface area contributed by atoms with Gasteiger partial charge in [0, 0.05) is 42.5 Å². The Labute approximate surface area is 240 Å². The molecule has 6 aromatic rings. The Kier molecular flexibility index (Phi) is 8.19. The Morgan fingerprint density at radius 2 is 1.64 bits per heavy atom. The molecule has 0 atom stereocenters. The van der Waals surface area contributed by atoms with Crippen molar-refractivity contribution in [1.82, 2.24) is 4.98 Å². The molecule has 0 bridgehead atoms. The number of aliphatic hydroxyl groups is 1. The third kappa shape index (κ3) is 5.73. The maximum Gasteiger partial charge on any atom is 0.155 e. The molecular formula is C33H28IrNO4-. The van der Waals surface area contributed by atoms with Crippen molar-refractivity contribution in [2.75, 3.05) is 0 Å². The van der Waals surface area contributed by atoms with E-state index in [2.05, 4.69) is 62.2 Å². The Hall–Kier alpha value is -3.99. The van der Waals surface area contributed by atoms with Crippen LogP contribution in [0, 0.1) is 26.8 Å². The summed E-state index contributed by atoms with van der Waals surface area (Å²) in [5, 5.41) is 11.6. The molecule has 1 radical (unpaired) electrons. The molecule has 0 fully saturated rings. The van der Waals surface area contributed by atoms with Crippen LogP contribution < -0.4 is 0 Å². The zero-order valence-corrected chi connectivity index (χ0v) is 24.8. The van der Waals surface area contributed by atoms with Crippen LogP contribution in [-0.2, 0) is 24.9 Å². The predicted octanol–water partition coefficient (Wildman–Crippen LogP) is 8.82. The number of pyridine rings is 1. The van der Waals surface area contributed by atoms with E-state index in [9.17, 15) is 4.79 Å². The molecule has 3 aromatic carbocycles. The van der Waals surface area contributed by atoms with Crippen molar-refractivity contribution >= 4 is 38.7 Å². The fourth-order valence-corrected chi connectivity index (χ4v) is 4.95. The van der Waals surface area contributed by atoms with Crippen molar-refractivity contribution in [3.05, 3.63) is 101 Å². The van der Waals surface area contributed by atoms with Crippen LogP contribution in [0.15, 0.2) is 87.5 Å². The first-order valence-corrected chi connectivity index (χ1v) is 12.4. The zero-order valence-electron chi connectivity index (χ0n) is 22.4. The molecule has 3 aromatic heterocycles. The predicted molar refractivity (Wildman–Crippen MR) is 152 cm³/mol. The van der Waals surface area contributed by atoms with E-state index in [1.807, 2.05) is 30.3 Å².